The van der Waals surface area contributed by atoms with Gasteiger partial charge in [0.25, 0.3) is 0 Å². The van der Waals surface area contributed by atoms with E-state index >= 15 is 0 Å². The lowest BCUT2D eigenvalue weighted by molar-refractivity contribution is -0.338. The van der Waals surface area contributed by atoms with Gasteiger partial charge in [0.15, 0.2) is 14.1 Å². The van der Waals surface area contributed by atoms with E-state index in [2.05, 4.69) is 0 Å². The summed E-state index contributed by atoms with van der Waals surface area (Å²) in [4.78, 5) is 14.0. The maximum Gasteiger partial charge on any atom is 0.184 e. The summed E-state index contributed by atoms with van der Waals surface area (Å²) in [6, 6.07) is 0. The monoisotopic (exact) mass is 468 g/mol. The molecule has 2 bridgehead atoms. The molecule has 9 atom stereocenters. The first kappa shape index (κ1) is 24.5. The lowest BCUT2D eigenvalue weighted by Gasteiger charge is -2.67. The molecule has 7 unspecified atom stereocenters. The molecule has 3 fully saturated rings. The van der Waals surface area contributed by atoms with Crippen molar-refractivity contribution in [3.05, 3.63) is 11.1 Å². The second-order valence-electron chi connectivity index (χ2n) is 12.5. The lowest BCUT2D eigenvalue weighted by atomic mass is 9.43. The minimum absolute atomic E-state index is 0.00184. The van der Waals surface area contributed by atoms with E-state index in [4.69, 9.17) is 9.16 Å². The Balaban J connectivity index is 1.97. The fourth-order valence-corrected chi connectivity index (χ4v) is 8.33. The second kappa shape index (κ2) is 6.96. The van der Waals surface area contributed by atoms with E-state index in [1.54, 1.807) is 20.8 Å². The molecule has 8 heteroatoms. The predicted octanol–water partition coefficient (Wildman–Crippen LogP) is 1.78. The van der Waals surface area contributed by atoms with Crippen LogP contribution in [0.4, 0.5) is 0 Å². The highest BCUT2D eigenvalue weighted by Crippen LogP contribution is 2.63. The van der Waals surface area contributed by atoms with Crippen molar-refractivity contribution in [2.45, 2.75) is 103 Å². The summed E-state index contributed by atoms with van der Waals surface area (Å²) >= 11 is 0. The number of carbonyl (C=O) groups is 1. The standard InChI is InChI=1S/C24H40O7Si/c1-12-9-15-23(28,11-30-15)18-20(27)24(29)10-14(31-32(6,7)8)13(2)16(21(24,3)4)17(25)19(26)22(12,18)5/h12,14-15,17-18,20,25,27-29H,9-11H2,1-8H3/t12-,14?,15?,17?,18?,20?,22+,23?,24?/m0/s1. The van der Waals surface area contributed by atoms with Gasteiger partial charge in [0, 0.05) is 23.2 Å². The summed E-state index contributed by atoms with van der Waals surface area (Å²) < 4.78 is 12.0. The summed E-state index contributed by atoms with van der Waals surface area (Å²) in [6.45, 7) is 15.2. The molecule has 0 aromatic rings. The Morgan fingerprint density at radius 3 is 2.22 bits per heavy atom. The highest BCUT2D eigenvalue weighted by atomic mass is 28.4. The Kier molecular flexibility index (Phi) is 5.33. The molecule has 4 N–H and O–H groups in total. The number of Topliss-reactive ketones (excluding diaryl/α,β-unsaturated/α-hetero) is 1. The zero-order chi connectivity index (χ0) is 24.2. The topological polar surface area (TPSA) is 116 Å². The summed E-state index contributed by atoms with van der Waals surface area (Å²) in [6.07, 6.45) is -3.31. The summed E-state index contributed by atoms with van der Waals surface area (Å²) in [5, 5.41) is 47.3. The Morgan fingerprint density at radius 1 is 1.12 bits per heavy atom. The third kappa shape index (κ3) is 2.90. The van der Waals surface area contributed by atoms with Crippen molar-refractivity contribution in [3.8, 4) is 0 Å². The number of fused-ring (bicyclic) bond motifs is 5. The largest absolute Gasteiger partial charge is 0.411 e. The maximum absolute atomic E-state index is 14.0. The van der Waals surface area contributed by atoms with Crippen LogP contribution in [0.25, 0.3) is 0 Å². The van der Waals surface area contributed by atoms with Crippen LogP contribution in [0.15, 0.2) is 11.1 Å². The normalized spacial score (nSPS) is 50.7. The highest BCUT2D eigenvalue weighted by molar-refractivity contribution is 6.69. The average Bonchev–Trinajstić information content (AvgIpc) is 2.65. The molecular weight excluding hydrogens is 428 g/mol. The number of ether oxygens (including phenoxy) is 1. The Morgan fingerprint density at radius 2 is 1.72 bits per heavy atom. The van der Waals surface area contributed by atoms with Crippen molar-refractivity contribution in [1.82, 2.24) is 0 Å². The fraction of sp³-hybridized carbons (Fsp3) is 0.875. The molecule has 4 rings (SSSR count). The van der Waals surface area contributed by atoms with Crippen molar-refractivity contribution in [3.63, 3.8) is 0 Å². The van der Waals surface area contributed by atoms with Gasteiger partial charge in [-0.05, 0) is 50.0 Å². The molecule has 0 amide bonds. The van der Waals surface area contributed by atoms with E-state index in [0.717, 1.165) is 5.57 Å². The number of aliphatic hydroxyl groups is 4. The molecule has 2 saturated carbocycles. The van der Waals surface area contributed by atoms with Crippen molar-refractivity contribution in [2.24, 2.45) is 22.7 Å². The van der Waals surface area contributed by atoms with Crippen LogP contribution in [0, 0.1) is 22.7 Å². The van der Waals surface area contributed by atoms with E-state index in [0.29, 0.717) is 12.0 Å². The van der Waals surface area contributed by atoms with Crippen LogP contribution in [-0.4, -0.2) is 76.8 Å². The predicted molar refractivity (Wildman–Crippen MR) is 121 cm³/mol. The molecule has 182 valence electrons. The molecule has 1 saturated heterocycles. The van der Waals surface area contributed by atoms with Gasteiger partial charge in [0.05, 0.1) is 24.9 Å². The van der Waals surface area contributed by atoms with E-state index in [9.17, 15) is 25.2 Å². The smallest absolute Gasteiger partial charge is 0.184 e. The van der Waals surface area contributed by atoms with E-state index in [-0.39, 0.29) is 18.9 Å². The van der Waals surface area contributed by atoms with Gasteiger partial charge < -0.3 is 29.6 Å². The molecule has 3 aliphatic carbocycles. The number of rotatable bonds is 2. The summed E-state index contributed by atoms with van der Waals surface area (Å²) in [7, 11) is -2.05. The Labute approximate surface area is 191 Å². The number of hydrogen-bond donors (Lipinski definition) is 4. The molecule has 1 heterocycles. The third-order valence-corrected chi connectivity index (χ3v) is 10.4. The summed E-state index contributed by atoms with van der Waals surface area (Å²) in [5.74, 6) is -1.64. The molecule has 0 aromatic heterocycles. The zero-order valence-corrected chi connectivity index (χ0v) is 21.6. The van der Waals surface area contributed by atoms with E-state index in [1.807, 2.05) is 33.5 Å². The molecule has 1 aliphatic heterocycles. The van der Waals surface area contributed by atoms with Gasteiger partial charge in [-0.1, -0.05) is 27.7 Å². The Hall–Kier alpha value is -0.613. The molecule has 7 nitrogen and oxygen atoms in total. The zero-order valence-electron chi connectivity index (χ0n) is 20.6. The SMILES string of the molecule is CC1=C2C(O)C(=O)[C@@]3(C)C(C(O)C(O)(CC1O[Si](C)(C)C)C2(C)C)C1(O)COC1C[C@@H]3C. The molecule has 0 radical (unpaired) electrons. The summed E-state index contributed by atoms with van der Waals surface area (Å²) in [5.41, 5.74) is -4.30. The number of aliphatic hydroxyl groups excluding tert-OH is 2. The van der Waals surface area contributed by atoms with Crippen molar-refractivity contribution < 1.29 is 34.4 Å². The number of hydrogen-bond acceptors (Lipinski definition) is 7. The van der Waals surface area contributed by atoms with Crippen LogP contribution < -0.4 is 0 Å². The average molecular weight is 469 g/mol. The molecule has 4 aliphatic rings. The fourth-order valence-electron chi connectivity index (χ4n) is 7.22. The number of ketones is 1. The van der Waals surface area contributed by atoms with Gasteiger partial charge in [0.2, 0.25) is 0 Å². The van der Waals surface area contributed by atoms with Gasteiger partial charge in [-0.25, -0.2) is 0 Å². The van der Waals surface area contributed by atoms with Gasteiger partial charge in [-0.15, -0.1) is 0 Å². The van der Waals surface area contributed by atoms with Crippen molar-refractivity contribution in [2.75, 3.05) is 6.61 Å². The van der Waals surface area contributed by atoms with Crippen LogP contribution in [-0.2, 0) is 14.0 Å². The van der Waals surface area contributed by atoms with Gasteiger partial charge in [0.1, 0.15) is 17.3 Å². The minimum Gasteiger partial charge on any atom is -0.411 e. The third-order valence-electron chi connectivity index (χ3n) is 9.36. The first-order chi connectivity index (χ1) is 14.4. The lowest BCUT2D eigenvalue weighted by Crippen LogP contribution is -2.79. The van der Waals surface area contributed by atoms with E-state index in [1.165, 1.54) is 0 Å². The van der Waals surface area contributed by atoms with Crippen LogP contribution in [0.3, 0.4) is 0 Å². The van der Waals surface area contributed by atoms with Gasteiger partial charge >= 0.3 is 0 Å². The van der Waals surface area contributed by atoms with Crippen molar-refractivity contribution >= 4 is 14.1 Å². The second-order valence-corrected chi connectivity index (χ2v) is 16.9. The van der Waals surface area contributed by atoms with Gasteiger partial charge in [-0.2, -0.15) is 0 Å². The Bertz CT molecular complexity index is 863. The number of carbonyl (C=O) groups excluding carboxylic acids is 1. The first-order valence-corrected chi connectivity index (χ1v) is 15.2. The molecule has 0 aromatic carbocycles. The maximum atomic E-state index is 14.0. The minimum atomic E-state index is -2.05. The first-order valence-electron chi connectivity index (χ1n) is 11.8. The van der Waals surface area contributed by atoms with Crippen LogP contribution in [0.5, 0.6) is 0 Å². The van der Waals surface area contributed by atoms with Crippen LogP contribution in [0.1, 0.15) is 47.5 Å². The van der Waals surface area contributed by atoms with Crippen LogP contribution >= 0.6 is 0 Å². The van der Waals surface area contributed by atoms with Crippen LogP contribution in [0.2, 0.25) is 19.6 Å². The van der Waals surface area contributed by atoms with Gasteiger partial charge in [-0.3, -0.25) is 4.79 Å². The van der Waals surface area contributed by atoms with Crippen molar-refractivity contribution in [1.29, 1.82) is 0 Å². The molecule has 0 spiro atoms. The molecular formula is C24H40O7Si. The highest BCUT2D eigenvalue weighted by Gasteiger charge is 2.74. The quantitative estimate of drug-likeness (QED) is 0.361. The van der Waals surface area contributed by atoms with E-state index < -0.39 is 66.5 Å². The molecule has 32 heavy (non-hydrogen) atoms.